The molecule has 1 aromatic heterocycles. The number of hydrogen-bond acceptors (Lipinski definition) is 2. The Balaban J connectivity index is 1.20. The number of nitrogens with zero attached hydrogens (tertiary/aromatic N) is 1. The molecule has 226 valence electrons. The van der Waals surface area contributed by atoms with E-state index in [1.165, 1.54) is 33.0 Å². The number of hydrogen-bond donors (Lipinski definition) is 0. The summed E-state index contributed by atoms with van der Waals surface area (Å²) in [6.07, 6.45) is 0. The van der Waals surface area contributed by atoms with Crippen LogP contribution in [0.3, 0.4) is 0 Å². The molecule has 1 heterocycles. The van der Waals surface area contributed by atoms with Gasteiger partial charge >= 0.3 is 0 Å². The van der Waals surface area contributed by atoms with Crippen LogP contribution < -0.4 is 4.90 Å². The monoisotopic (exact) mass is 613 g/mol. The van der Waals surface area contributed by atoms with Gasteiger partial charge in [-0.2, -0.15) is 0 Å². The number of rotatable bonds is 6. The Bertz CT molecular complexity index is 2540. The first-order chi connectivity index (χ1) is 23.8. The third kappa shape index (κ3) is 4.83. The first-order valence-electron chi connectivity index (χ1n) is 16.4. The van der Waals surface area contributed by atoms with Gasteiger partial charge in [0.15, 0.2) is 0 Å². The molecule has 2 heteroatoms. The van der Waals surface area contributed by atoms with Crippen molar-refractivity contribution in [3.8, 4) is 33.4 Å². The van der Waals surface area contributed by atoms with Crippen LogP contribution in [0.5, 0.6) is 0 Å². The van der Waals surface area contributed by atoms with E-state index in [0.717, 1.165) is 50.1 Å². The molecule has 0 unspecified atom stereocenters. The predicted octanol–water partition coefficient (Wildman–Crippen LogP) is 13.2. The molecule has 0 N–H and O–H groups in total. The largest absolute Gasteiger partial charge is 0.456 e. The van der Waals surface area contributed by atoms with Crippen molar-refractivity contribution in [2.24, 2.45) is 0 Å². The Labute approximate surface area is 279 Å². The molecule has 0 saturated carbocycles. The molecule has 9 aromatic rings. The van der Waals surface area contributed by atoms with Gasteiger partial charge in [-0.25, -0.2) is 0 Å². The van der Waals surface area contributed by atoms with Crippen LogP contribution >= 0.6 is 0 Å². The molecule has 0 aliphatic carbocycles. The summed E-state index contributed by atoms with van der Waals surface area (Å²) >= 11 is 0. The standard InChI is InChI=1S/C46H31NO/c1-2-12-32(13-3-1)33-24-26-34(27-25-33)35-28-30-37(31-29-35)47(42-21-10-15-36-14-4-5-16-38(36)42)43-20-8-6-17-39(43)40-19-11-23-45-46(40)41-18-7-9-22-44(41)48-45/h1-31H. The highest BCUT2D eigenvalue weighted by Gasteiger charge is 2.21. The van der Waals surface area contributed by atoms with Gasteiger partial charge in [0.2, 0.25) is 0 Å². The average molecular weight is 614 g/mol. The molecule has 0 radical (unpaired) electrons. The van der Waals surface area contributed by atoms with E-state index in [9.17, 15) is 0 Å². The predicted molar refractivity (Wildman–Crippen MR) is 202 cm³/mol. The fraction of sp³-hybridized carbons (Fsp3) is 0. The summed E-state index contributed by atoms with van der Waals surface area (Å²) in [4.78, 5) is 2.40. The molecular formula is C46H31NO. The van der Waals surface area contributed by atoms with Crippen LogP contribution in [-0.4, -0.2) is 0 Å². The maximum atomic E-state index is 6.32. The van der Waals surface area contributed by atoms with E-state index in [1.807, 2.05) is 12.1 Å². The Morgan fingerprint density at radius 1 is 0.333 bits per heavy atom. The van der Waals surface area contributed by atoms with Crippen molar-refractivity contribution >= 4 is 49.8 Å². The molecular weight excluding hydrogens is 583 g/mol. The van der Waals surface area contributed by atoms with Crippen LogP contribution in [0, 0.1) is 0 Å². The molecule has 0 bridgehead atoms. The van der Waals surface area contributed by atoms with Crippen molar-refractivity contribution < 1.29 is 4.42 Å². The number of anilines is 3. The van der Waals surface area contributed by atoms with E-state index in [4.69, 9.17) is 4.42 Å². The average Bonchev–Trinajstić information content (AvgIpc) is 3.55. The topological polar surface area (TPSA) is 16.4 Å². The molecule has 0 aliphatic rings. The first-order valence-corrected chi connectivity index (χ1v) is 16.4. The maximum absolute atomic E-state index is 6.32. The molecule has 2 nitrogen and oxygen atoms in total. The molecule has 0 amide bonds. The summed E-state index contributed by atoms with van der Waals surface area (Å²) < 4.78 is 6.32. The molecule has 0 spiro atoms. The van der Waals surface area contributed by atoms with Crippen LogP contribution in [0.1, 0.15) is 0 Å². The number of furan rings is 1. The normalized spacial score (nSPS) is 11.3. The van der Waals surface area contributed by atoms with Gasteiger partial charge in [-0.05, 0) is 69.6 Å². The van der Waals surface area contributed by atoms with E-state index >= 15 is 0 Å². The van der Waals surface area contributed by atoms with Crippen molar-refractivity contribution in [2.75, 3.05) is 4.90 Å². The summed E-state index contributed by atoms with van der Waals surface area (Å²) in [6.45, 7) is 0. The lowest BCUT2D eigenvalue weighted by Gasteiger charge is -2.29. The van der Waals surface area contributed by atoms with Gasteiger partial charge in [0.05, 0.1) is 11.4 Å². The van der Waals surface area contributed by atoms with Gasteiger partial charge < -0.3 is 9.32 Å². The van der Waals surface area contributed by atoms with E-state index in [2.05, 4.69) is 181 Å². The third-order valence-electron chi connectivity index (χ3n) is 9.30. The second-order valence-electron chi connectivity index (χ2n) is 12.1. The number of para-hydroxylation sites is 2. The fourth-order valence-corrected chi connectivity index (χ4v) is 7.00. The second-order valence-corrected chi connectivity index (χ2v) is 12.1. The van der Waals surface area contributed by atoms with Gasteiger partial charge in [0.25, 0.3) is 0 Å². The third-order valence-corrected chi connectivity index (χ3v) is 9.30. The van der Waals surface area contributed by atoms with Crippen LogP contribution in [0.15, 0.2) is 192 Å². The molecule has 0 atom stereocenters. The molecule has 0 fully saturated rings. The minimum atomic E-state index is 0.892. The van der Waals surface area contributed by atoms with Crippen LogP contribution in [0.4, 0.5) is 17.1 Å². The Morgan fingerprint density at radius 3 is 1.65 bits per heavy atom. The minimum Gasteiger partial charge on any atom is -0.456 e. The lowest BCUT2D eigenvalue weighted by molar-refractivity contribution is 0.669. The van der Waals surface area contributed by atoms with Gasteiger partial charge in [0, 0.05) is 27.4 Å². The summed E-state index contributed by atoms with van der Waals surface area (Å²) in [5, 5.41) is 4.66. The van der Waals surface area contributed by atoms with Crippen molar-refractivity contribution in [1.29, 1.82) is 0 Å². The lowest BCUT2D eigenvalue weighted by atomic mass is 9.96. The number of fused-ring (bicyclic) bond motifs is 4. The Kier molecular flexibility index (Phi) is 6.84. The molecule has 48 heavy (non-hydrogen) atoms. The highest BCUT2D eigenvalue weighted by Crippen LogP contribution is 2.46. The van der Waals surface area contributed by atoms with Gasteiger partial charge in [-0.3, -0.25) is 0 Å². The first kappa shape index (κ1) is 27.9. The Morgan fingerprint density at radius 2 is 0.854 bits per heavy atom. The minimum absolute atomic E-state index is 0.892. The Hall–Kier alpha value is -6.38. The van der Waals surface area contributed by atoms with Crippen molar-refractivity contribution in [3.63, 3.8) is 0 Å². The SMILES string of the molecule is c1ccc(-c2ccc(-c3ccc(N(c4ccccc4-c4cccc5oc6ccccc6c45)c4cccc5ccccc45)cc3)cc2)cc1. The molecule has 8 aromatic carbocycles. The zero-order valence-electron chi connectivity index (χ0n) is 26.3. The smallest absolute Gasteiger partial charge is 0.136 e. The number of benzene rings is 8. The van der Waals surface area contributed by atoms with Crippen molar-refractivity contribution in [1.82, 2.24) is 0 Å². The highest BCUT2D eigenvalue weighted by molar-refractivity contribution is 6.14. The van der Waals surface area contributed by atoms with Crippen LogP contribution in [0.2, 0.25) is 0 Å². The summed E-state index contributed by atoms with van der Waals surface area (Å²) in [5.41, 5.74) is 12.2. The van der Waals surface area contributed by atoms with Crippen molar-refractivity contribution in [3.05, 3.63) is 188 Å². The van der Waals surface area contributed by atoms with Crippen molar-refractivity contribution in [2.45, 2.75) is 0 Å². The van der Waals surface area contributed by atoms with Gasteiger partial charge in [-0.1, -0.05) is 152 Å². The molecule has 0 aliphatic heterocycles. The van der Waals surface area contributed by atoms with Crippen LogP contribution in [-0.2, 0) is 0 Å². The van der Waals surface area contributed by atoms with Gasteiger partial charge in [-0.15, -0.1) is 0 Å². The summed E-state index contributed by atoms with van der Waals surface area (Å²) in [5.74, 6) is 0. The van der Waals surface area contributed by atoms with E-state index in [0.29, 0.717) is 0 Å². The highest BCUT2D eigenvalue weighted by atomic mass is 16.3. The van der Waals surface area contributed by atoms with E-state index in [1.54, 1.807) is 0 Å². The lowest BCUT2D eigenvalue weighted by Crippen LogP contribution is -2.11. The van der Waals surface area contributed by atoms with E-state index < -0.39 is 0 Å². The molecule has 9 rings (SSSR count). The second kappa shape index (κ2) is 11.8. The van der Waals surface area contributed by atoms with E-state index in [-0.39, 0.29) is 0 Å². The fourth-order valence-electron chi connectivity index (χ4n) is 7.00. The van der Waals surface area contributed by atoms with Crippen LogP contribution in [0.25, 0.3) is 66.1 Å². The quantitative estimate of drug-likeness (QED) is 0.185. The summed E-state index contributed by atoms with van der Waals surface area (Å²) in [6, 6.07) is 66.9. The van der Waals surface area contributed by atoms with Gasteiger partial charge in [0.1, 0.15) is 11.2 Å². The zero-order valence-corrected chi connectivity index (χ0v) is 26.3. The molecule has 0 saturated heterocycles. The maximum Gasteiger partial charge on any atom is 0.136 e. The summed E-state index contributed by atoms with van der Waals surface area (Å²) in [7, 11) is 0. The zero-order chi connectivity index (χ0) is 31.9.